The number of rotatable bonds is 4. The lowest BCUT2D eigenvalue weighted by molar-refractivity contribution is -0.137. The molecule has 0 saturated heterocycles. The Morgan fingerprint density at radius 3 is 2.64 bits per heavy atom. The lowest BCUT2D eigenvalue weighted by Crippen LogP contribution is -2.53. The Morgan fingerprint density at radius 1 is 1.18 bits per heavy atom. The number of fused-ring (bicyclic) bond motifs is 5. The summed E-state index contributed by atoms with van der Waals surface area (Å²) in [5, 5.41) is 30.7. The predicted molar refractivity (Wildman–Crippen MR) is 109 cm³/mol. The molecule has 0 aromatic heterocycles. The predicted octanol–water partition coefficient (Wildman–Crippen LogP) is 4.40. The maximum Gasteiger partial charge on any atom is 0.303 e. The summed E-state index contributed by atoms with van der Waals surface area (Å²) in [6.45, 7) is 6.86. The highest BCUT2D eigenvalue weighted by molar-refractivity contribution is 5.66. The second-order valence-electron chi connectivity index (χ2n) is 10.9. The minimum atomic E-state index is -0.719. The first-order valence-electron chi connectivity index (χ1n) is 11.5. The number of hydrogen-bond acceptors (Lipinski definition) is 3. The molecule has 0 radical (unpaired) electrons. The van der Waals surface area contributed by atoms with Crippen LogP contribution in [0, 0.1) is 40.4 Å². The molecule has 3 N–H and O–H groups in total. The van der Waals surface area contributed by atoms with Crippen molar-refractivity contribution < 1.29 is 20.1 Å². The smallest absolute Gasteiger partial charge is 0.303 e. The number of allylic oxidation sites excluding steroid dienone is 1. The zero-order valence-electron chi connectivity index (χ0n) is 17.7. The fourth-order valence-electron chi connectivity index (χ4n) is 8.01. The molecular weight excluding hydrogens is 352 g/mol. The third-order valence-corrected chi connectivity index (χ3v) is 9.69. The topological polar surface area (TPSA) is 77.8 Å². The Hall–Kier alpha value is -0.870. The van der Waals surface area contributed by atoms with E-state index in [9.17, 15) is 15.0 Å². The van der Waals surface area contributed by atoms with Crippen LogP contribution in [0.2, 0.25) is 0 Å². The van der Waals surface area contributed by atoms with E-state index in [1.807, 2.05) is 0 Å². The van der Waals surface area contributed by atoms with E-state index < -0.39 is 12.1 Å². The summed E-state index contributed by atoms with van der Waals surface area (Å²) in [6.07, 6.45) is 10.0. The first-order valence-corrected chi connectivity index (χ1v) is 11.5. The summed E-state index contributed by atoms with van der Waals surface area (Å²) in [5.74, 6) is 1.60. The first-order chi connectivity index (χ1) is 13.2. The van der Waals surface area contributed by atoms with Crippen molar-refractivity contribution >= 4 is 5.97 Å². The molecule has 3 fully saturated rings. The van der Waals surface area contributed by atoms with Gasteiger partial charge in [0, 0.05) is 11.8 Å². The van der Waals surface area contributed by atoms with Gasteiger partial charge in [-0.25, -0.2) is 0 Å². The molecule has 0 amide bonds. The van der Waals surface area contributed by atoms with Gasteiger partial charge in [-0.3, -0.25) is 4.79 Å². The minimum absolute atomic E-state index is 0.135. The van der Waals surface area contributed by atoms with E-state index >= 15 is 0 Å². The number of aliphatic hydroxyl groups excluding tert-OH is 2. The van der Waals surface area contributed by atoms with Crippen LogP contribution < -0.4 is 0 Å². The van der Waals surface area contributed by atoms with E-state index in [2.05, 4.69) is 26.8 Å². The van der Waals surface area contributed by atoms with Gasteiger partial charge in [0.05, 0.1) is 12.2 Å². The Balaban J connectivity index is 1.62. The molecule has 4 nitrogen and oxygen atoms in total. The van der Waals surface area contributed by atoms with Crippen LogP contribution in [0.15, 0.2) is 11.6 Å². The van der Waals surface area contributed by atoms with Gasteiger partial charge < -0.3 is 15.3 Å². The second-order valence-corrected chi connectivity index (χ2v) is 10.9. The van der Waals surface area contributed by atoms with Crippen molar-refractivity contribution in [1.82, 2.24) is 0 Å². The monoisotopic (exact) mass is 390 g/mol. The summed E-state index contributed by atoms with van der Waals surface area (Å²) in [4.78, 5) is 11.0. The van der Waals surface area contributed by atoms with Crippen molar-refractivity contribution in [3.8, 4) is 0 Å². The van der Waals surface area contributed by atoms with E-state index in [-0.39, 0.29) is 23.4 Å². The molecule has 1 unspecified atom stereocenters. The maximum atomic E-state index is 11.4. The van der Waals surface area contributed by atoms with Crippen LogP contribution >= 0.6 is 0 Å². The van der Waals surface area contributed by atoms with E-state index in [1.54, 1.807) is 0 Å². The molecule has 0 aromatic rings. The van der Waals surface area contributed by atoms with Crippen LogP contribution in [-0.2, 0) is 4.79 Å². The summed E-state index contributed by atoms with van der Waals surface area (Å²) >= 11 is 0. The van der Waals surface area contributed by atoms with Crippen LogP contribution in [-0.4, -0.2) is 33.5 Å². The van der Waals surface area contributed by atoms with Gasteiger partial charge >= 0.3 is 5.97 Å². The summed E-state index contributed by atoms with van der Waals surface area (Å²) in [6, 6.07) is 0. The van der Waals surface area contributed by atoms with Crippen LogP contribution in [0.5, 0.6) is 0 Å². The van der Waals surface area contributed by atoms with Crippen LogP contribution in [0.3, 0.4) is 0 Å². The highest BCUT2D eigenvalue weighted by Crippen LogP contribution is 2.66. The quantitative estimate of drug-likeness (QED) is 0.622. The highest BCUT2D eigenvalue weighted by atomic mass is 16.4. The average molecular weight is 391 g/mol. The third-order valence-electron chi connectivity index (χ3n) is 9.69. The molecule has 4 rings (SSSR count). The van der Waals surface area contributed by atoms with Gasteiger partial charge in [-0.05, 0) is 86.4 Å². The molecule has 158 valence electrons. The van der Waals surface area contributed by atoms with Gasteiger partial charge in [0.15, 0.2) is 0 Å². The van der Waals surface area contributed by atoms with Gasteiger partial charge in [-0.15, -0.1) is 0 Å². The molecule has 0 bridgehead atoms. The molecule has 0 heterocycles. The van der Waals surface area contributed by atoms with Crippen molar-refractivity contribution in [3.05, 3.63) is 11.6 Å². The molecule has 9 atom stereocenters. The molecule has 4 aliphatic carbocycles. The molecule has 4 aliphatic rings. The zero-order valence-corrected chi connectivity index (χ0v) is 17.7. The van der Waals surface area contributed by atoms with Crippen molar-refractivity contribution in [2.45, 2.75) is 90.8 Å². The lowest BCUT2D eigenvalue weighted by Gasteiger charge is -2.58. The van der Waals surface area contributed by atoms with E-state index in [0.29, 0.717) is 36.0 Å². The number of hydrogen-bond donors (Lipinski definition) is 3. The Labute approximate surface area is 169 Å². The molecule has 28 heavy (non-hydrogen) atoms. The van der Waals surface area contributed by atoms with Crippen molar-refractivity contribution in [1.29, 1.82) is 0 Å². The summed E-state index contributed by atoms with van der Waals surface area (Å²) < 4.78 is 0. The molecule has 4 heteroatoms. The highest BCUT2D eigenvalue weighted by Gasteiger charge is 2.60. The minimum Gasteiger partial charge on any atom is -0.481 e. The van der Waals surface area contributed by atoms with Gasteiger partial charge in [0.25, 0.3) is 0 Å². The normalized spacial score (nSPS) is 48.8. The second kappa shape index (κ2) is 7.12. The Kier molecular flexibility index (Phi) is 5.19. The van der Waals surface area contributed by atoms with Crippen molar-refractivity contribution in [2.24, 2.45) is 40.4 Å². The lowest BCUT2D eigenvalue weighted by atomic mass is 9.47. The first kappa shape index (κ1) is 20.4. The molecule has 0 aromatic carbocycles. The summed E-state index contributed by atoms with van der Waals surface area (Å²) in [7, 11) is 0. The van der Waals surface area contributed by atoms with E-state index in [0.717, 1.165) is 32.1 Å². The molecule has 0 spiro atoms. The third kappa shape index (κ3) is 2.98. The van der Waals surface area contributed by atoms with Gasteiger partial charge in [0.2, 0.25) is 0 Å². The van der Waals surface area contributed by atoms with Gasteiger partial charge in [-0.1, -0.05) is 32.4 Å². The van der Waals surface area contributed by atoms with Crippen LogP contribution in [0.4, 0.5) is 0 Å². The Morgan fingerprint density at radius 2 is 1.93 bits per heavy atom. The fourth-order valence-corrected chi connectivity index (χ4v) is 8.01. The zero-order chi connectivity index (χ0) is 20.3. The van der Waals surface area contributed by atoms with Crippen molar-refractivity contribution in [2.75, 3.05) is 0 Å². The molecular formula is C24H38O4. The maximum absolute atomic E-state index is 11.4. The van der Waals surface area contributed by atoms with Crippen LogP contribution in [0.25, 0.3) is 0 Å². The van der Waals surface area contributed by atoms with Gasteiger partial charge in [0.1, 0.15) is 0 Å². The van der Waals surface area contributed by atoms with Gasteiger partial charge in [-0.2, -0.15) is 0 Å². The van der Waals surface area contributed by atoms with Crippen molar-refractivity contribution in [3.63, 3.8) is 0 Å². The number of aliphatic carboxylic acids is 1. The number of carboxylic acid groups (broad SMARTS) is 1. The summed E-state index contributed by atoms with van der Waals surface area (Å²) in [5.41, 5.74) is 1.49. The number of carboxylic acids is 1. The molecule has 3 saturated carbocycles. The SMILES string of the molecule is C[C@H](CCC(=O)O)C1CC[C@H]2[C@@H]3CC[C@@H]4C[C@H](O)CC[C@]4(C)C3=C[C@H](O)[C@]12C. The largest absolute Gasteiger partial charge is 0.481 e. The van der Waals surface area contributed by atoms with E-state index in [1.165, 1.54) is 18.4 Å². The Bertz CT molecular complexity index is 657. The van der Waals surface area contributed by atoms with E-state index in [4.69, 9.17) is 5.11 Å². The average Bonchev–Trinajstić information content (AvgIpc) is 3.00. The fraction of sp³-hybridized carbons (Fsp3) is 0.875. The van der Waals surface area contributed by atoms with Crippen LogP contribution in [0.1, 0.15) is 78.6 Å². The standard InChI is InChI=1S/C24H38O4/c1-14(4-9-22(27)28)18-7-8-19-17-6-5-15-12-16(25)10-11-23(15,2)20(17)13-21(26)24(18,19)3/h13-19,21,25-26H,4-12H2,1-3H3,(H,27,28)/t14-,15-,16-,17+,18?,19+,21+,23+,24-/m1/s1. The molecule has 0 aliphatic heterocycles. The number of aliphatic hydroxyl groups is 2. The number of carbonyl (C=O) groups is 1.